The summed E-state index contributed by atoms with van der Waals surface area (Å²) in [6.45, 7) is 9.73. The molecule has 0 spiro atoms. The van der Waals surface area contributed by atoms with Gasteiger partial charge in [0, 0.05) is 17.5 Å². The summed E-state index contributed by atoms with van der Waals surface area (Å²) in [5.74, 6) is -3.43. The van der Waals surface area contributed by atoms with E-state index in [4.69, 9.17) is 28.4 Å². The van der Waals surface area contributed by atoms with E-state index in [2.05, 4.69) is 0 Å². The van der Waals surface area contributed by atoms with Crippen molar-refractivity contribution >= 4 is 24.0 Å². The van der Waals surface area contributed by atoms with Crippen LogP contribution in [0.25, 0.3) is 6.08 Å². The van der Waals surface area contributed by atoms with Gasteiger partial charge in [0.05, 0.1) is 43.5 Å². The Kier molecular flexibility index (Phi) is 14.8. The first-order valence-electron chi connectivity index (χ1n) is 18.1. The molecule has 306 valence electrons. The molecule has 17 nitrogen and oxygen atoms in total. The summed E-state index contributed by atoms with van der Waals surface area (Å²) < 4.78 is 33.7. The highest BCUT2D eigenvalue weighted by Crippen LogP contribution is 2.46. The number of carbonyl (C=O) groups excluding carboxylic acids is 3. The highest BCUT2D eigenvalue weighted by Gasteiger charge is 2.53. The lowest BCUT2D eigenvalue weighted by atomic mass is 9.77. The minimum Gasteiger partial charge on any atom is -0.463 e. The molecular formula is C38H53NO16. The topological polar surface area (TPSA) is 251 Å². The maximum Gasteiger partial charge on any atom is 0.336 e. The molecule has 3 heterocycles. The van der Waals surface area contributed by atoms with Crippen molar-refractivity contribution in [3.05, 3.63) is 64.0 Å². The number of ether oxygens (including phenoxy) is 6. The molecule has 0 bridgehead atoms. The van der Waals surface area contributed by atoms with Crippen LogP contribution in [0.3, 0.4) is 0 Å². The standard InChI is InChI=1S/C38H53NO16/c1-8-50-35(48)25-18(3)39(34-31(46)30(45)33(23(17-41)52-34)54-37-32(47)29(44)28(43)22(16-40)53-37)19(4)26(36(49)51-9-2)27(25)21-13-11-10-12-20(21)14-15-24(42)55-38(5,6)7/h10-15,22-23,27-34,37,40-41,43-47H,8-9,16-17H2,1-7H3/b15-14+/t22-,23-,28+,29+,30-,31-,32-,33+,34?,37+/m1/s1. The highest BCUT2D eigenvalue weighted by atomic mass is 16.7. The van der Waals surface area contributed by atoms with E-state index < -0.39 is 104 Å². The predicted octanol–water partition coefficient (Wildman–Crippen LogP) is -0.261. The fourth-order valence-corrected chi connectivity index (χ4v) is 6.92. The molecule has 0 radical (unpaired) electrons. The first-order valence-corrected chi connectivity index (χ1v) is 18.1. The quantitative estimate of drug-likeness (QED) is 0.0820. The fraction of sp³-hybridized carbons (Fsp3) is 0.605. The van der Waals surface area contributed by atoms with Gasteiger partial charge in [-0.2, -0.15) is 0 Å². The van der Waals surface area contributed by atoms with Crippen LogP contribution in [0.1, 0.15) is 65.5 Å². The van der Waals surface area contributed by atoms with E-state index in [0.717, 1.165) is 0 Å². The second-order valence-electron chi connectivity index (χ2n) is 14.3. The number of esters is 3. The van der Waals surface area contributed by atoms with Crippen molar-refractivity contribution in [3.63, 3.8) is 0 Å². The van der Waals surface area contributed by atoms with Crippen molar-refractivity contribution in [3.8, 4) is 0 Å². The van der Waals surface area contributed by atoms with Crippen LogP contribution in [-0.4, -0.2) is 152 Å². The Morgan fingerprint density at radius 1 is 0.782 bits per heavy atom. The fourth-order valence-electron chi connectivity index (χ4n) is 6.92. The lowest BCUT2D eigenvalue weighted by molar-refractivity contribution is -0.347. The molecule has 0 amide bonds. The number of carbonyl (C=O) groups is 3. The number of aliphatic hydroxyl groups excluding tert-OH is 7. The molecule has 2 saturated heterocycles. The van der Waals surface area contributed by atoms with Crippen molar-refractivity contribution in [1.82, 2.24) is 4.90 Å². The third-order valence-electron chi connectivity index (χ3n) is 9.42. The third-order valence-corrected chi connectivity index (χ3v) is 9.42. The number of benzene rings is 1. The largest absolute Gasteiger partial charge is 0.463 e. The molecule has 1 aromatic rings. The van der Waals surface area contributed by atoms with E-state index in [0.29, 0.717) is 11.1 Å². The van der Waals surface area contributed by atoms with Crippen LogP contribution in [0.15, 0.2) is 52.9 Å². The summed E-state index contributed by atoms with van der Waals surface area (Å²) in [6, 6.07) is 6.76. The Hall–Kier alpha value is -3.75. The number of hydrogen-bond acceptors (Lipinski definition) is 17. The number of hydrogen-bond donors (Lipinski definition) is 7. The van der Waals surface area contributed by atoms with Crippen molar-refractivity contribution in [2.24, 2.45) is 0 Å². The molecule has 3 aliphatic rings. The second-order valence-corrected chi connectivity index (χ2v) is 14.3. The molecule has 1 aromatic carbocycles. The molecule has 0 saturated carbocycles. The van der Waals surface area contributed by atoms with Crippen molar-refractivity contribution in [1.29, 1.82) is 0 Å². The molecule has 55 heavy (non-hydrogen) atoms. The minimum absolute atomic E-state index is 0.0508. The molecule has 17 heteroatoms. The maximum atomic E-state index is 14.0. The molecule has 10 atom stereocenters. The SMILES string of the molecule is CCOC(=O)C1=C(C)N(C2O[C@H](CO)[C@H](O[C@@H]3O[C@H](CO)[C@H](O)[C@H](O)[C@H]3O)[C@H](O)[C@H]2O)C(C)=C(C(=O)OCC)C1c1ccccc1/C=C/C(=O)OC(C)(C)C. The lowest BCUT2D eigenvalue weighted by Crippen LogP contribution is -2.66. The summed E-state index contributed by atoms with van der Waals surface area (Å²) in [7, 11) is 0. The highest BCUT2D eigenvalue weighted by molar-refractivity contribution is 6.00. The van der Waals surface area contributed by atoms with Gasteiger partial charge in [-0.25, -0.2) is 14.4 Å². The van der Waals surface area contributed by atoms with Crippen LogP contribution >= 0.6 is 0 Å². The molecule has 4 rings (SSSR count). The van der Waals surface area contributed by atoms with Gasteiger partial charge in [0.15, 0.2) is 12.5 Å². The van der Waals surface area contributed by atoms with Crippen LogP contribution in [0, 0.1) is 0 Å². The van der Waals surface area contributed by atoms with E-state index in [-0.39, 0.29) is 35.8 Å². The first-order chi connectivity index (χ1) is 25.9. The second kappa shape index (κ2) is 18.5. The van der Waals surface area contributed by atoms with Crippen molar-refractivity contribution < 1.29 is 78.6 Å². The van der Waals surface area contributed by atoms with Crippen LogP contribution in [-0.2, 0) is 42.8 Å². The van der Waals surface area contributed by atoms with Gasteiger partial charge in [-0.15, -0.1) is 0 Å². The minimum atomic E-state index is -1.89. The molecule has 3 aliphatic heterocycles. The molecule has 0 aromatic heterocycles. The average molecular weight is 780 g/mol. The maximum absolute atomic E-state index is 14.0. The van der Waals surface area contributed by atoms with Gasteiger partial charge in [-0.05, 0) is 65.7 Å². The van der Waals surface area contributed by atoms with Gasteiger partial charge in [0.1, 0.15) is 54.4 Å². The zero-order valence-electron chi connectivity index (χ0n) is 31.9. The molecule has 7 N–H and O–H groups in total. The number of allylic oxidation sites excluding steroid dienone is 2. The number of rotatable bonds is 12. The van der Waals surface area contributed by atoms with Crippen LogP contribution in [0.4, 0.5) is 0 Å². The summed E-state index contributed by atoms with van der Waals surface area (Å²) >= 11 is 0. The van der Waals surface area contributed by atoms with Gasteiger partial charge in [0.25, 0.3) is 0 Å². The molecule has 1 unspecified atom stereocenters. The Balaban J connectivity index is 1.83. The molecule has 2 fully saturated rings. The normalized spacial score (nSPS) is 30.8. The van der Waals surface area contributed by atoms with E-state index in [1.165, 1.54) is 30.9 Å². The van der Waals surface area contributed by atoms with Gasteiger partial charge in [-0.3, -0.25) is 0 Å². The Morgan fingerprint density at radius 3 is 1.87 bits per heavy atom. The predicted molar refractivity (Wildman–Crippen MR) is 191 cm³/mol. The number of aliphatic hydroxyl groups is 7. The average Bonchev–Trinajstić information content (AvgIpc) is 3.12. The van der Waals surface area contributed by atoms with Crippen LogP contribution < -0.4 is 0 Å². The van der Waals surface area contributed by atoms with Gasteiger partial charge < -0.3 is 69.1 Å². The van der Waals surface area contributed by atoms with Crippen LogP contribution in [0.2, 0.25) is 0 Å². The van der Waals surface area contributed by atoms with Crippen molar-refractivity contribution in [2.45, 2.75) is 121 Å². The van der Waals surface area contributed by atoms with Gasteiger partial charge >= 0.3 is 17.9 Å². The monoisotopic (exact) mass is 779 g/mol. The van der Waals surface area contributed by atoms with Gasteiger partial charge in [-0.1, -0.05) is 24.3 Å². The summed E-state index contributed by atoms with van der Waals surface area (Å²) in [4.78, 5) is 41.9. The van der Waals surface area contributed by atoms with Crippen molar-refractivity contribution in [2.75, 3.05) is 26.4 Å². The Morgan fingerprint density at radius 2 is 1.35 bits per heavy atom. The molecule has 0 aliphatic carbocycles. The van der Waals surface area contributed by atoms with Crippen LogP contribution in [0.5, 0.6) is 0 Å². The van der Waals surface area contributed by atoms with E-state index >= 15 is 0 Å². The van der Waals surface area contributed by atoms with E-state index in [9.17, 15) is 50.1 Å². The summed E-state index contributed by atoms with van der Waals surface area (Å²) in [5.41, 5.74) is 0.273. The summed E-state index contributed by atoms with van der Waals surface area (Å²) in [5, 5.41) is 74.1. The first kappa shape index (κ1) is 44.0. The lowest BCUT2D eigenvalue weighted by Gasteiger charge is -2.50. The zero-order valence-corrected chi connectivity index (χ0v) is 31.9. The third kappa shape index (κ3) is 9.45. The van der Waals surface area contributed by atoms with Gasteiger partial charge in [0.2, 0.25) is 0 Å². The molecular weight excluding hydrogens is 726 g/mol. The Labute approximate surface area is 319 Å². The Bertz CT molecular complexity index is 1590. The number of nitrogens with zero attached hydrogens (tertiary/aromatic N) is 1. The smallest absolute Gasteiger partial charge is 0.336 e. The summed E-state index contributed by atoms with van der Waals surface area (Å²) in [6.07, 6.45) is -14.2. The zero-order chi connectivity index (χ0) is 40.9. The van der Waals surface area contributed by atoms with E-state index in [1.54, 1.807) is 58.9 Å². The van der Waals surface area contributed by atoms with E-state index in [1.807, 2.05) is 0 Å².